The zero-order valence-corrected chi connectivity index (χ0v) is 11.0. The van der Waals surface area contributed by atoms with Crippen molar-refractivity contribution in [3.63, 3.8) is 0 Å². The molecule has 7 heteroatoms. The molecule has 0 aliphatic carbocycles. The molecular formula is C12H7ClN2O3S. The largest absolute Gasteiger partial charge is 0.417 e. The standard InChI is InChI=1S/C12H7ClN2O3S/c13-10-4-3-9(19-10)11(16)14-6-1-2-8-7(5-6)15-12(17)18-8/h1-5H,(H,14,16)(H,15,17). The molecule has 0 aliphatic rings. The minimum absolute atomic E-state index is 0.248. The Morgan fingerprint density at radius 1 is 1.32 bits per heavy atom. The minimum atomic E-state index is -0.525. The van der Waals surface area contributed by atoms with Crippen LogP contribution >= 0.6 is 22.9 Å². The summed E-state index contributed by atoms with van der Waals surface area (Å²) in [5, 5.41) is 2.72. The molecule has 1 aromatic carbocycles. The van der Waals surface area contributed by atoms with Gasteiger partial charge in [0.25, 0.3) is 5.91 Å². The molecule has 0 bridgehead atoms. The Hall–Kier alpha value is -2.05. The molecule has 0 saturated carbocycles. The van der Waals surface area contributed by atoms with E-state index in [2.05, 4.69) is 10.3 Å². The molecule has 3 rings (SSSR count). The first-order valence-corrected chi connectivity index (χ1v) is 6.51. The molecular weight excluding hydrogens is 288 g/mol. The van der Waals surface area contributed by atoms with Gasteiger partial charge in [-0.15, -0.1) is 11.3 Å². The van der Waals surface area contributed by atoms with Gasteiger partial charge in [0.15, 0.2) is 5.58 Å². The van der Waals surface area contributed by atoms with Crippen molar-refractivity contribution in [2.45, 2.75) is 0 Å². The maximum absolute atomic E-state index is 11.9. The second-order valence-corrected chi connectivity index (χ2v) is 5.50. The van der Waals surface area contributed by atoms with Crippen molar-refractivity contribution in [1.82, 2.24) is 4.98 Å². The average molecular weight is 295 g/mol. The van der Waals surface area contributed by atoms with Crippen LogP contribution in [0.3, 0.4) is 0 Å². The van der Waals surface area contributed by atoms with E-state index in [1.54, 1.807) is 30.3 Å². The lowest BCUT2D eigenvalue weighted by molar-refractivity contribution is 0.103. The lowest BCUT2D eigenvalue weighted by Crippen LogP contribution is -2.09. The summed E-state index contributed by atoms with van der Waals surface area (Å²) in [6, 6.07) is 8.22. The molecule has 0 saturated heterocycles. The molecule has 19 heavy (non-hydrogen) atoms. The molecule has 1 amide bonds. The van der Waals surface area contributed by atoms with E-state index in [0.29, 0.717) is 26.0 Å². The van der Waals surface area contributed by atoms with E-state index >= 15 is 0 Å². The molecule has 0 aliphatic heterocycles. The summed E-state index contributed by atoms with van der Waals surface area (Å²) in [5.74, 6) is -0.773. The van der Waals surface area contributed by atoms with Crippen LogP contribution in [0.2, 0.25) is 4.34 Å². The number of nitrogens with one attached hydrogen (secondary N) is 2. The second kappa shape index (κ2) is 4.56. The third-order valence-electron chi connectivity index (χ3n) is 2.47. The maximum atomic E-state index is 11.9. The Morgan fingerprint density at radius 3 is 2.89 bits per heavy atom. The zero-order chi connectivity index (χ0) is 13.4. The molecule has 0 fully saturated rings. The second-order valence-electron chi connectivity index (χ2n) is 3.78. The zero-order valence-electron chi connectivity index (χ0n) is 9.40. The highest BCUT2D eigenvalue weighted by molar-refractivity contribution is 7.18. The third-order valence-corrected chi connectivity index (χ3v) is 3.70. The van der Waals surface area contributed by atoms with Crippen LogP contribution in [0.25, 0.3) is 11.1 Å². The summed E-state index contributed by atoms with van der Waals surface area (Å²) in [4.78, 5) is 26.0. The molecule has 5 nitrogen and oxygen atoms in total. The summed E-state index contributed by atoms with van der Waals surface area (Å²) in [5.41, 5.74) is 1.55. The van der Waals surface area contributed by atoms with Crippen LogP contribution < -0.4 is 11.1 Å². The molecule has 0 spiro atoms. The Bertz CT molecular complexity index is 818. The van der Waals surface area contributed by atoms with Crippen molar-refractivity contribution < 1.29 is 9.21 Å². The van der Waals surface area contributed by atoms with Crippen molar-refractivity contribution in [1.29, 1.82) is 0 Å². The van der Waals surface area contributed by atoms with Crippen LogP contribution in [0.15, 0.2) is 39.5 Å². The van der Waals surface area contributed by atoms with E-state index in [1.165, 1.54) is 11.3 Å². The number of rotatable bonds is 2. The Labute approximate surface area is 115 Å². The van der Waals surface area contributed by atoms with Crippen LogP contribution in [0.5, 0.6) is 0 Å². The third kappa shape index (κ3) is 2.40. The van der Waals surface area contributed by atoms with E-state index in [9.17, 15) is 9.59 Å². The highest BCUT2D eigenvalue weighted by Gasteiger charge is 2.10. The van der Waals surface area contributed by atoms with E-state index in [-0.39, 0.29) is 5.91 Å². The number of anilines is 1. The van der Waals surface area contributed by atoms with E-state index in [1.807, 2.05) is 0 Å². The van der Waals surface area contributed by atoms with Gasteiger partial charge in [0.1, 0.15) is 0 Å². The summed E-state index contributed by atoms with van der Waals surface area (Å²) >= 11 is 6.97. The molecule has 2 N–H and O–H groups in total. The van der Waals surface area contributed by atoms with Crippen molar-refractivity contribution in [2.24, 2.45) is 0 Å². The summed E-state index contributed by atoms with van der Waals surface area (Å²) in [7, 11) is 0. The fourth-order valence-corrected chi connectivity index (χ4v) is 2.60. The summed E-state index contributed by atoms with van der Waals surface area (Å²) in [6.45, 7) is 0. The van der Waals surface area contributed by atoms with E-state index in [0.717, 1.165) is 0 Å². The smallest absolute Gasteiger partial charge is 0.408 e. The van der Waals surface area contributed by atoms with Crippen LogP contribution in [0.4, 0.5) is 5.69 Å². The van der Waals surface area contributed by atoms with Crippen molar-refractivity contribution >= 4 is 45.6 Å². The van der Waals surface area contributed by atoms with Crippen molar-refractivity contribution in [3.05, 3.63) is 50.1 Å². The lowest BCUT2D eigenvalue weighted by Gasteiger charge is -2.02. The molecule has 0 atom stereocenters. The number of hydrogen-bond acceptors (Lipinski definition) is 4. The van der Waals surface area contributed by atoms with Gasteiger partial charge in [0.05, 0.1) is 14.7 Å². The quantitative estimate of drug-likeness (QED) is 0.762. The number of benzene rings is 1. The first-order valence-electron chi connectivity index (χ1n) is 5.31. The molecule has 0 unspecified atom stereocenters. The number of H-pyrrole nitrogens is 1. The molecule has 3 aromatic rings. The lowest BCUT2D eigenvalue weighted by atomic mass is 10.3. The minimum Gasteiger partial charge on any atom is -0.408 e. The van der Waals surface area contributed by atoms with Gasteiger partial charge < -0.3 is 9.73 Å². The fourth-order valence-electron chi connectivity index (χ4n) is 1.66. The number of oxazole rings is 1. The van der Waals surface area contributed by atoms with Gasteiger partial charge in [-0.1, -0.05) is 11.6 Å². The first-order chi connectivity index (χ1) is 9.11. The molecule has 0 radical (unpaired) electrons. The van der Waals surface area contributed by atoms with Gasteiger partial charge in [-0.25, -0.2) is 4.79 Å². The number of aromatic amines is 1. The SMILES string of the molecule is O=C(Nc1ccc2oc(=O)[nH]c2c1)c1ccc(Cl)s1. The maximum Gasteiger partial charge on any atom is 0.417 e. The first kappa shape index (κ1) is 12.0. The predicted octanol–water partition coefficient (Wildman–Crippen LogP) is 3.09. The summed E-state index contributed by atoms with van der Waals surface area (Å²) < 4.78 is 5.43. The topological polar surface area (TPSA) is 75.1 Å². The molecule has 2 heterocycles. The fraction of sp³-hybridized carbons (Fsp3) is 0. The van der Waals surface area contributed by atoms with E-state index < -0.39 is 5.76 Å². The van der Waals surface area contributed by atoms with Gasteiger partial charge in [-0.05, 0) is 30.3 Å². The number of carbonyl (C=O) groups is 1. The van der Waals surface area contributed by atoms with Gasteiger partial charge in [-0.3, -0.25) is 9.78 Å². The number of amides is 1. The van der Waals surface area contributed by atoms with Gasteiger partial charge in [0, 0.05) is 5.69 Å². The Kier molecular flexibility index (Phi) is 2.88. The predicted molar refractivity (Wildman–Crippen MR) is 74.1 cm³/mol. The monoisotopic (exact) mass is 294 g/mol. The molecule has 2 aromatic heterocycles. The number of carbonyl (C=O) groups excluding carboxylic acids is 1. The van der Waals surface area contributed by atoms with Crippen molar-refractivity contribution in [2.75, 3.05) is 5.32 Å². The highest BCUT2D eigenvalue weighted by Crippen LogP contribution is 2.23. The van der Waals surface area contributed by atoms with Gasteiger partial charge in [0.2, 0.25) is 0 Å². The number of thiophene rings is 1. The van der Waals surface area contributed by atoms with Gasteiger partial charge >= 0.3 is 5.76 Å². The molecule has 96 valence electrons. The summed E-state index contributed by atoms with van der Waals surface area (Å²) in [6.07, 6.45) is 0. The normalized spacial score (nSPS) is 10.8. The Balaban J connectivity index is 1.88. The number of halogens is 1. The van der Waals surface area contributed by atoms with Gasteiger partial charge in [-0.2, -0.15) is 0 Å². The number of aromatic nitrogens is 1. The average Bonchev–Trinajstić information content (AvgIpc) is 2.93. The van der Waals surface area contributed by atoms with Crippen LogP contribution in [-0.4, -0.2) is 10.9 Å². The Morgan fingerprint density at radius 2 is 2.16 bits per heavy atom. The number of hydrogen-bond donors (Lipinski definition) is 2. The van der Waals surface area contributed by atoms with Crippen LogP contribution in [0.1, 0.15) is 9.67 Å². The van der Waals surface area contributed by atoms with Crippen molar-refractivity contribution in [3.8, 4) is 0 Å². The number of fused-ring (bicyclic) bond motifs is 1. The van der Waals surface area contributed by atoms with Crippen LogP contribution in [0, 0.1) is 0 Å². The van der Waals surface area contributed by atoms with Crippen LogP contribution in [-0.2, 0) is 0 Å². The van der Waals surface area contributed by atoms with E-state index in [4.69, 9.17) is 16.0 Å². The highest BCUT2D eigenvalue weighted by atomic mass is 35.5.